The topological polar surface area (TPSA) is 39.1 Å². The first-order valence-corrected chi connectivity index (χ1v) is 7.94. The van der Waals surface area contributed by atoms with Crippen molar-refractivity contribution in [2.75, 3.05) is 26.7 Å². The average molecular weight is 265 g/mol. The fourth-order valence-corrected chi connectivity index (χ4v) is 3.29. The molecule has 1 aliphatic carbocycles. The number of rotatable bonds is 8. The second kappa shape index (κ2) is 7.87. The molecule has 0 amide bonds. The molecule has 1 saturated carbocycles. The first kappa shape index (κ1) is 16.5. The van der Waals surface area contributed by atoms with Crippen LogP contribution in [0.2, 0.25) is 0 Å². The zero-order chi connectivity index (χ0) is 14.3. The normalized spacial score (nSPS) is 28.5. The predicted molar refractivity (Wildman–Crippen MR) is 80.9 cm³/mol. The molecule has 1 aliphatic rings. The molecule has 110 valence electrons. The zero-order valence-electron chi connectivity index (χ0n) is 13.2. The largest absolute Gasteiger partial charge is 0.303 e. The van der Waals surface area contributed by atoms with Gasteiger partial charge in [0.25, 0.3) is 0 Å². The maximum atomic E-state index is 9.47. The molecule has 3 heteroatoms. The van der Waals surface area contributed by atoms with Gasteiger partial charge in [-0.25, -0.2) is 0 Å². The van der Waals surface area contributed by atoms with Crippen molar-refractivity contribution < 1.29 is 0 Å². The maximum Gasteiger partial charge on any atom is 0.109 e. The SMILES string of the molecule is CCC(C)CN(CC)CCC1CCCC1(C#N)NC. The van der Waals surface area contributed by atoms with Crippen LogP contribution in [-0.2, 0) is 0 Å². The van der Waals surface area contributed by atoms with Crippen LogP contribution in [0.1, 0.15) is 52.9 Å². The molecule has 0 bridgehead atoms. The second-order valence-electron chi connectivity index (χ2n) is 6.12. The number of hydrogen-bond donors (Lipinski definition) is 1. The lowest BCUT2D eigenvalue weighted by atomic mass is 9.86. The van der Waals surface area contributed by atoms with E-state index in [9.17, 15) is 5.26 Å². The van der Waals surface area contributed by atoms with Gasteiger partial charge in [0.1, 0.15) is 5.54 Å². The highest BCUT2D eigenvalue weighted by atomic mass is 15.1. The third-order valence-electron chi connectivity index (χ3n) is 4.97. The summed E-state index contributed by atoms with van der Waals surface area (Å²) < 4.78 is 0. The summed E-state index contributed by atoms with van der Waals surface area (Å²) in [5, 5.41) is 12.8. The summed E-state index contributed by atoms with van der Waals surface area (Å²) in [6, 6.07) is 2.54. The monoisotopic (exact) mass is 265 g/mol. The summed E-state index contributed by atoms with van der Waals surface area (Å²) >= 11 is 0. The first-order chi connectivity index (χ1) is 9.11. The predicted octanol–water partition coefficient (Wildman–Crippen LogP) is 3.03. The van der Waals surface area contributed by atoms with E-state index in [1.165, 1.54) is 25.8 Å². The fourth-order valence-electron chi connectivity index (χ4n) is 3.29. The molecule has 19 heavy (non-hydrogen) atoms. The molecule has 3 unspecified atom stereocenters. The minimum absolute atomic E-state index is 0.254. The summed E-state index contributed by atoms with van der Waals surface area (Å²) in [6.07, 6.45) is 5.81. The van der Waals surface area contributed by atoms with E-state index in [1.54, 1.807) is 0 Å². The lowest BCUT2D eigenvalue weighted by molar-refractivity contribution is 0.210. The van der Waals surface area contributed by atoms with Crippen molar-refractivity contribution in [3.05, 3.63) is 0 Å². The van der Waals surface area contributed by atoms with Crippen molar-refractivity contribution in [2.45, 2.75) is 58.4 Å². The summed E-state index contributed by atoms with van der Waals surface area (Å²) in [5.41, 5.74) is -0.254. The maximum absolute atomic E-state index is 9.47. The Bertz CT molecular complexity index is 297. The van der Waals surface area contributed by atoms with E-state index in [4.69, 9.17) is 0 Å². The molecular formula is C16H31N3. The molecule has 3 atom stereocenters. The van der Waals surface area contributed by atoms with Crippen LogP contribution in [0.3, 0.4) is 0 Å². The molecule has 3 nitrogen and oxygen atoms in total. The first-order valence-electron chi connectivity index (χ1n) is 7.94. The van der Waals surface area contributed by atoms with Gasteiger partial charge < -0.3 is 10.2 Å². The summed E-state index contributed by atoms with van der Waals surface area (Å²) in [7, 11) is 1.94. The second-order valence-corrected chi connectivity index (χ2v) is 6.12. The molecule has 1 N–H and O–H groups in total. The van der Waals surface area contributed by atoms with Crippen LogP contribution in [0.5, 0.6) is 0 Å². The minimum Gasteiger partial charge on any atom is -0.303 e. The highest BCUT2D eigenvalue weighted by molar-refractivity contribution is 5.13. The number of nitrogens with one attached hydrogen (secondary N) is 1. The van der Waals surface area contributed by atoms with Gasteiger partial charge in [0.2, 0.25) is 0 Å². The van der Waals surface area contributed by atoms with Gasteiger partial charge in [-0.05, 0) is 51.2 Å². The molecule has 0 aromatic heterocycles. The quantitative estimate of drug-likeness (QED) is 0.733. The van der Waals surface area contributed by atoms with Crippen molar-refractivity contribution >= 4 is 0 Å². The van der Waals surface area contributed by atoms with Crippen molar-refractivity contribution in [1.82, 2.24) is 10.2 Å². The van der Waals surface area contributed by atoms with Crippen molar-refractivity contribution in [1.29, 1.82) is 5.26 Å². The lowest BCUT2D eigenvalue weighted by Crippen LogP contribution is -2.46. The molecule has 0 spiro atoms. The average Bonchev–Trinajstić information content (AvgIpc) is 2.86. The molecule has 0 heterocycles. The summed E-state index contributed by atoms with van der Waals surface area (Å²) in [4.78, 5) is 2.55. The van der Waals surface area contributed by atoms with Gasteiger partial charge in [0.05, 0.1) is 6.07 Å². The van der Waals surface area contributed by atoms with Crippen LogP contribution >= 0.6 is 0 Å². The Morgan fingerprint density at radius 3 is 2.74 bits per heavy atom. The van der Waals surface area contributed by atoms with Gasteiger partial charge in [-0.3, -0.25) is 0 Å². The van der Waals surface area contributed by atoms with Crippen LogP contribution in [-0.4, -0.2) is 37.1 Å². The Hall–Kier alpha value is -0.590. The van der Waals surface area contributed by atoms with E-state index in [1.807, 2.05) is 7.05 Å². The zero-order valence-corrected chi connectivity index (χ0v) is 13.2. The Morgan fingerprint density at radius 1 is 1.47 bits per heavy atom. The summed E-state index contributed by atoms with van der Waals surface area (Å²) in [6.45, 7) is 10.3. The Labute approximate surface area is 119 Å². The fraction of sp³-hybridized carbons (Fsp3) is 0.938. The van der Waals surface area contributed by atoms with E-state index in [-0.39, 0.29) is 5.54 Å². The van der Waals surface area contributed by atoms with Gasteiger partial charge in [-0.1, -0.05) is 33.6 Å². The number of hydrogen-bond acceptors (Lipinski definition) is 3. The van der Waals surface area contributed by atoms with Crippen molar-refractivity contribution in [3.8, 4) is 6.07 Å². The van der Waals surface area contributed by atoms with E-state index < -0.39 is 0 Å². The third kappa shape index (κ3) is 4.19. The van der Waals surface area contributed by atoms with Gasteiger partial charge in [-0.2, -0.15) is 5.26 Å². The van der Waals surface area contributed by atoms with Gasteiger partial charge in [0.15, 0.2) is 0 Å². The van der Waals surface area contributed by atoms with Crippen LogP contribution < -0.4 is 5.32 Å². The van der Waals surface area contributed by atoms with Crippen LogP contribution in [0.4, 0.5) is 0 Å². The highest BCUT2D eigenvalue weighted by Gasteiger charge is 2.41. The highest BCUT2D eigenvalue weighted by Crippen LogP contribution is 2.37. The van der Waals surface area contributed by atoms with Crippen LogP contribution in [0.25, 0.3) is 0 Å². The van der Waals surface area contributed by atoms with E-state index in [0.29, 0.717) is 5.92 Å². The molecular weight excluding hydrogens is 234 g/mol. The van der Waals surface area contributed by atoms with Gasteiger partial charge >= 0.3 is 0 Å². The summed E-state index contributed by atoms with van der Waals surface area (Å²) in [5.74, 6) is 1.29. The van der Waals surface area contributed by atoms with Gasteiger partial charge in [0, 0.05) is 6.54 Å². The molecule has 1 fully saturated rings. The molecule has 0 aromatic rings. The number of nitriles is 1. The van der Waals surface area contributed by atoms with Gasteiger partial charge in [-0.15, -0.1) is 0 Å². The smallest absolute Gasteiger partial charge is 0.109 e. The van der Waals surface area contributed by atoms with Crippen LogP contribution in [0, 0.1) is 23.2 Å². The number of nitrogens with zero attached hydrogens (tertiary/aromatic N) is 2. The van der Waals surface area contributed by atoms with Crippen molar-refractivity contribution in [2.24, 2.45) is 11.8 Å². The Balaban J connectivity index is 2.48. The Kier molecular flexibility index (Phi) is 6.82. The third-order valence-corrected chi connectivity index (χ3v) is 4.97. The molecule has 0 radical (unpaired) electrons. The minimum atomic E-state index is -0.254. The Morgan fingerprint density at radius 2 is 2.21 bits per heavy atom. The standard InChI is InChI=1S/C16H31N3/c1-5-14(3)12-19(6-2)11-9-15-8-7-10-16(15,13-17)18-4/h14-15,18H,5-12H2,1-4H3. The molecule has 0 aromatic carbocycles. The van der Waals surface area contributed by atoms with E-state index in [0.717, 1.165) is 31.8 Å². The van der Waals surface area contributed by atoms with Crippen molar-refractivity contribution in [3.63, 3.8) is 0 Å². The van der Waals surface area contributed by atoms with Crippen LogP contribution in [0.15, 0.2) is 0 Å². The lowest BCUT2D eigenvalue weighted by Gasteiger charge is -2.31. The molecule has 0 aliphatic heterocycles. The van der Waals surface area contributed by atoms with E-state index >= 15 is 0 Å². The molecule has 1 rings (SSSR count). The van der Waals surface area contributed by atoms with E-state index in [2.05, 4.69) is 37.1 Å². The molecule has 0 saturated heterocycles.